The summed E-state index contributed by atoms with van der Waals surface area (Å²) in [5, 5.41) is 20.6. The van der Waals surface area contributed by atoms with E-state index in [1.54, 1.807) is 0 Å². The molecule has 0 fully saturated rings. The summed E-state index contributed by atoms with van der Waals surface area (Å²) in [4.78, 5) is 22.9. The molecule has 1 rings (SSSR count). The first kappa shape index (κ1) is 16.5. The quantitative estimate of drug-likeness (QED) is 0.506. The third-order valence-corrected chi connectivity index (χ3v) is 4.26. The number of carbonyl (C=O) groups is 2. The largest absolute Gasteiger partial charge is 0.480 e. The second-order valence-corrected chi connectivity index (χ2v) is 5.55. The Bertz CT molecular complexity index is 510. The summed E-state index contributed by atoms with van der Waals surface area (Å²) in [5.74, 6) is -1.82. The van der Waals surface area contributed by atoms with Gasteiger partial charge in [0.05, 0.1) is 10.6 Å². The number of halogens is 3. The van der Waals surface area contributed by atoms with Gasteiger partial charge in [-0.25, -0.2) is 4.79 Å². The molecule has 0 aliphatic carbocycles. The molecule has 0 aliphatic heterocycles. The van der Waals surface area contributed by atoms with E-state index in [1.165, 1.54) is 12.1 Å². The van der Waals surface area contributed by atoms with Gasteiger partial charge in [0.1, 0.15) is 6.04 Å². The van der Waals surface area contributed by atoms with Crippen molar-refractivity contribution in [2.45, 2.75) is 12.5 Å². The van der Waals surface area contributed by atoms with Crippen molar-refractivity contribution in [2.24, 2.45) is 0 Å². The van der Waals surface area contributed by atoms with E-state index in [-0.39, 0.29) is 23.6 Å². The maximum absolute atomic E-state index is 12.0. The molecule has 1 unspecified atom stereocenters. The molecule has 5 nitrogen and oxygen atoms in total. The second kappa shape index (κ2) is 7.28. The molecule has 0 aromatic heterocycles. The number of nitrogens with one attached hydrogen (secondary N) is 1. The Morgan fingerprint density at radius 3 is 2.53 bits per heavy atom. The van der Waals surface area contributed by atoms with Gasteiger partial charge in [0.25, 0.3) is 5.91 Å². The highest BCUT2D eigenvalue weighted by atomic mass is 127. The number of aliphatic hydroxyl groups is 1. The normalized spacial score (nSPS) is 12.0. The van der Waals surface area contributed by atoms with Crippen molar-refractivity contribution in [1.82, 2.24) is 5.32 Å². The van der Waals surface area contributed by atoms with Crippen LogP contribution < -0.4 is 5.32 Å². The average molecular weight is 418 g/mol. The van der Waals surface area contributed by atoms with Gasteiger partial charge in [0, 0.05) is 21.6 Å². The van der Waals surface area contributed by atoms with Crippen LogP contribution in [-0.4, -0.2) is 34.7 Å². The van der Waals surface area contributed by atoms with Crippen LogP contribution in [0.15, 0.2) is 12.1 Å². The molecule has 0 radical (unpaired) electrons. The number of hydrogen-bond acceptors (Lipinski definition) is 3. The van der Waals surface area contributed by atoms with E-state index >= 15 is 0 Å². The fourth-order valence-electron chi connectivity index (χ4n) is 1.34. The zero-order valence-electron chi connectivity index (χ0n) is 9.49. The standard InChI is InChI=1S/C11H10Cl2INO4/c12-5-3-6(9(14)7(13)4-5)10(17)15-8(1-2-16)11(18)19/h3-4,8,16H,1-2H2,(H,15,17)(H,18,19). The van der Waals surface area contributed by atoms with E-state index in [4.69, 9.17) is 33.4 Å². The third kappa shape index (κ3) is 4.48. The Balaban J connectivity index is 2.97. The van der Waals surface area contributed by atoms with Gasteiger partial charge in [-0.1, -0.05) is 23.2 Å². The minimum atomic E-state index is -1.22. The van der Waals surface area contributed by atoms with Crippen LogP contribution in [0.3, 0.4) is 0 Å². The highest BCUT2D eigenvalue weighted by Gasteiger charge is 2.22. The van der Waals surface area contributed by atoms with E-state index < -0.39 is 17.9 Å². The predicted molar refractivity (Wildman–Crippen MR) is 79.8 cm³/mol. The van der Waals surface area contributed by atoms with Crippen molar-refractivity contribution in [2.75, 3.05) is 6.61 Å². The lowest BCUT2D eigenvalue weighted by Gasteiger charge is -2.14. The Morgan fingerprint density at radius 2 is 2.00 bits per heavy atom. The van der Waals surface area contributed by atoms with Gasteiger partial charge < -0.3 is 15.5 Å². The SMILES string of the molecule is O=C(NC(CCO)C(=O)O)c1cc(Cl)cc(Cl)c1I. The maximum Gasteiger partial charge on any atom is 0.326 e. The average Bonchev–Trinajstić information content (AvgIpc) is 2.32. The van der Waals surface area contributed by atoms with E-state index in [0.717, 1.165) is 0 Å². The number of aliphatic carboxylic acids is 1. The van der Waals surface area contributed by atoms with Gasteiger partial charge in [-0.15, -0.1) is 0 Å². The highest BCUT2D eigenvalue weighted by molar-refractivity contribution is 14.1. The molecule has 8 heteroatoms. The molecule has 104 valence electrons. The Hall–Kier alpha value is -0.570. The number of rotatable bonds is 5. The van der Waals surface area contributed by atoms with Gasteiger partial charge >= 0.3 is 5.97 Å². The van der Waals surface area contributed by atoms with Gasteiger partial charge in [-0.2, -0.15) is 0 Å². The lowest BCUT2D eigenvalue weighted by molar-refractivity contribution is -0.139. The van der Waals surface area contributed by atoms with Gasteiger partial charge in [0.2, 0.25) is 0 Å². The Kier molecular flexibility index (Phi) is 6.31. The lowest BCUT2D eigenvalue weighted by Crippen LogP contribution is -2.41. The van der Waals surface area contributed by atoms with Crippen LogP contribution in [0.5, 0.6) is 0 Å². The first-order valence-electron chi connectivity index (χ1n) is 5.16. The molecule has 0 heterocycles. The third-order valence-electron chi connectivity index (χ3n) is 2.26. The first-order valence-corrected chi connectivity index (χ1v) is 6.99. The lowest BCUT2D eigenvalue weighted by atomic mass is 10.1. The van der Waals surface area contributed by atoms with Crippen LogP contribution in [0, 0.1) is 3.57 Å². The van der Waals surface area contributed by atoms with Gasteiger partial charge in [-0.05, 0) is 34.7 Å². The molecule has 19 heavy (non-hydrogen) atoms. The number of hydrogen-bond donors (Lipinski definition) is 3. The molecule has 1 atom stereocenters. The van der Waals surface area contributed by atoms with Crippen LogP contribution in [0.2, 0.25) is 10.0 Å². The number of carbonyl (C=O) groups excluding carboxylic acids is 1. The number of benzene rings is 1. The molecule has 0 saturated carbocycles. The maximum atomic E-state index is 12.0. The summed E-state index contributed by atoms with van der Waals surface area (Å²) >= 11 is 13.6. The zero-order chi connectivity index (χ0) is 14.6. The van der Waals surface area contributed by atoms with E-state index in [2.05, 4.69) is 5.32 Å². The monoisotopic (exact) mass is 417 g/mol. The van der Waals surface area contributed by atoms with E-state index in [9.17, 15) is 9.59 Å². The summed E-state index contributed by atoms with van der Waals surface area (Å²) in [7, 11) is 0. The summed E-state index contributed by atoms with van der Waals surface area (Å²) in [6, 6.07) is 1.73. The van der Waals surface area contributed by atoms with Crippen LogP contribution in [-0.2, 0) is 4.79 Å². The molecule has 0 spiro atoms. The highest BCUT2D eigenvalue weighted by Crippen LogP contribution is 2.26. The fraction of sp³-hybridized carbons (Fsp3) is 0.273. The van der Waals surface area contributed by atoms with Crippen LogP contribution in [0.1, 0.15) is 16.8 Å². The summed E-state index contributed by atoms with van der Waals surface area (Å²) < 4.78 is 0.481. The number of carboxylic acid groups (broad SMARTS) is 1. The predicted octanol–water partition coefficient (Wildman–Crippen LogP) is 2.16. The number of aliphatic hydroxyl groups excluding tert-OH is 1. The van der Waals surface area contributed by atoms with E-state index in [0.29, 0.717) is 8.59 Å². The van der Waals surface area contributed by atoms with Crippen molar-refractivity contribution in [1.29, 1.82) is 0 Å². The van der Waals surface area contributed by atoms with Crippen molar-refractivity contribution >= 4 is 57.7 Å². The van der Waals surface area contributed by atoms with Gasteiger partial charge in [-0.3, -0.25) is 4.79 Å². The first-order chi connectivity index (χ1) is 8.86. The zero-order valence-corrected chi connectivity index (χ0v) is 13.2. The van der Waals surface area contributed by atoms with Crippen LogP contribution in [0.25, 0.3) is 0 Å². The molecule has 0 aliphatic rings. The molecule has 0 saturated heterocycles. The van der Waals surface area contributed by atoms with Crippen LogP contribution >= 0.6 is 45.8 Å². The molecule has 3 N–H and O–H groups in total. The number of amides is 1. The Morgan fingerprint density at radius 1 is 1.37 bits per heavy atom. The van der Waals surface area contributed by atoms with Crippen molar-refractivity contribution in [3.05, 3.63) is 31.3 Å². The smallest absolute Gasteiger partial charge is 0.326 e. The minimum Gasteiger partial charge on any atom is -0.480 e. The summed E-state index contributed by atoms with van der Waals surface area (Å²) in [6.45, 7) is -0.343. The molecule has 1 amide bonds. The second-order valence-electron chi connectivity index (χ2n) is 3.63. The number of carboxylic acids is 1. The van der Waals surface area contributed by atoms with Crippen molar-refractivity contribution < 1.29 is 19.8 Å². The molecular formula is C11H10Cl2INO4. The summed E-state index contributed by atoms with van der Waals surface area (Å²) in [5.41, 5.74) is 0.197. The Labute approximate surface area is 133 Å². The topological polar surface area (TPSA) is 86.6 Å². The molecule has 1 aromatic carbocycles. The molecular weight excluding hydrogens is 408 g/mol. The summed E-state index contributed by atoms with van der Waals surface area (Å²) in [6.07, 6.45) is -0.0774. The van der Waals surface area contributed by atoms with Crippen molar-refractivity contribution in [3.63, 3.8) is 0 Å². The molecule has 1 aromatic rings. The van der Waals surface area contributed by atoms with Crippen LogP contribution in [0.4, 0.5) is 0 Å². The minimum absolute atomic E-state index is 0.0774. The van der Waals surface area contributed by atoms with E-state index in [1.807, 2.05) is 22.6 Å². The molecule has 0 bridgehead atoms. The fourth-order valence-corrected chi connectivity index (χ4v) is 2.39. The van der Waals surface area contributed by atoms with Gasteiger partial charge in [0.15, 0.2) is 0 Å². The van der Waals surface area contributed by atoms with Crippen molar-refractivity contribution in [3.8, 4) is 0 Å².